The Labute approximate surface area is 287 Å². The maximum absolute atomic E-state index is 12.6. The Hall–Kier alpha value is -2.16. The van der Waals surface area contributed by atoms with Gasteiger partial charge in [0.15, 0.2) is 0 Å². The second-order valence-corrected chi connectivity index (χ2v) is 13.4. The van der Waals surface area contributed by atoms with E-state index in [4.69, 9.17) is 14.9 Å². The van der Waals surface area contributed by atoms with Gasteiger partial charge in [0.05, 0.1) is 13.2 Å². The number of amides is 2. The molecule has 0 bridgehead atoms. The number of carbonyl (C=O) groups excluding carboxylic acids is 3. The van der Waals surface area contributed by atoms with E-state index in [0.29, 0.717) is 19.3 Å². The van der Waals surface area contributed by atoms with Crippen molar-refractivity contribution < 1.29 is 34.1 Å². The molecule has 0 aromatic heterocycles. The van der Waals surface area contributed by atoms with Gasteiger partial charge in [0, 0.05) is 12.8 Å². The van der Waals surface area contributed by atoms with E-state index in [2.05, 4.69) is 24.5 Å². The lowest BCUT2D eigenvalue weighted by Gasteiger charge is -2.18. The Balaban J connectivity index is 4.11. The Morgan fingerprint density at radius 1 is 0.553 bits per heavy atom. The molecule has 276 valence electrons. The molecule has 4 N–H and O–H groups in total. The van der Waals surface area contributed by atoms with E-state index in [1.807, 2.05) is 0 Å². The molecule has 0 aliphatic carbocycles. The summed E-state index contributed by atoms with van der Waals surface area (Å²) in [4.78, 5) is 47.2. The summed E-state index contributed by atoms with van der Waals surface area (Å²) in [6.07, 6.45) is 31.4. The first-order valence-electron chi connectivity index (χ1n) is 19.4. The predicted octanol–water partition coefficient (Wildman–Crippen LogP) is 8.54. The van der Waals surface area contributed by atoms with Crippen molar-refractivity contribution in [3.05, 3.63) is 0 Å². The lowest BCUT2D eigenvalue weighted by molar-refractivity contribution is -0.150. The van der Waals surface area contributed by atoms with Crippen molar-refractivity contribution in [3.63, 3.8) is 0 Å². The molecule has 0 aliphatic rings. The van der Waals surface area contributed by atoms with E-state index in [1.165, 1.54) is 103 Å². The van der Waals surface area contributed by atoms with Crippen LogP contribution < -0.4 is 10.6 Å². The summed E-state index contributed by atoms with van der Waals surface area (Å²) in [6, 6.07) is -1.38. The number of unbranched alkanes of at least 4 members (excludes halogenated alkanes) is 21. The normalized spacial score (nSPS) is 12.4. The number of nitrogens with one attached hydrogen (secondary N) is 2. The second-order valence-electron chi connectivity index (χ2n) is 13.4. The first-order chi connectivity index (χ1) is 22.8. The molecule has 2 amide bonds. The van der Waals surface area contributed by atoms with E-state index in [1.54, 1.807) is 0 Å². The average Bonchev–Trinajstić information content (AvgIpc) is 3.05. The lowest BCUT2D eigenvalue weighted by atomic mass is 10.0. The van der Waals surface area contributed by atoms with E-state index in [9.17, 15) is 19.2 Å². The summed E-state index contributed by atoms with van der Waals surface area (Å²) in [5, 5.41) is 22.5. The molecule has 47 heavy (non-hydrogen) atoms. The van der Waals surface area contributed by atoms with Crippen LogP contribution >= 0.6 is 0 Å². The van der Waals surface area contributed by atoms with Crippen LogP contribution in [0.3, 0.4) is 0 Å². The lowest BCUT2D eigenvalue weighted by Crippen LogP contribution is -2.47. The third kappa shape index (κ3) is 30.9. The molecular formula is C38H72N2O7. The summed E-state index contributed by atoms with van der Waals surface area (Å²) < 4.78 is 5.96. The first-order valence-corrected chi connectivity index (χ1v) is 19.4. The third-order valence-corrected chi connectivity index (χ3v) is 8.85. The quantitative estimate of drug-likeness (QED) is 0.0392. The summed E-state index contributed by atoms with van der Waals surface area (Å²) in [5.41, 5.74) is 0. The average molecular weight is 669 g/mol. The van der Waals surface area contributed by atoms with Gasteiger partial charge in [0.2, 0.25) is 11.8 Å². The van der Waals surface area contributed by atoms with E-state index in [0.717, 1.165) is 57.8 Å². The Kier molecular flexibility index (Phi) is 32.2. The molecule has 0 radical (unpaired) electrons. The molecule has 0 rings (SSSR count). The summed E-state index contributed by atoms with van der Waals surface area (Å²) >= 11 is 0. The number of esters is 1. The van der Waals surface area contributed by atoms with Crippen LogP contribution in [0, 0.1) is 0 Å². The van der Waals surface area contributed by atoms with Crippen molar-refractivity contribution in [2.45, 2.75) is 206 Å². The Bertz CT molecular complexity index is 777. The van der Waals surface area contributed by atoms with Crippen LogP contribution in [0.5, 0.6) is 0 Å². The van der Waals surface area contributed by atoms with Crippen LogP contribution in [0.15, 0.2) is 0 Å². The molecule has 0 aliphatic heterocycles. The molecule has 0 aromatic carbocycles. The van der Waals surface area contributed by atoms with E-state index in [-0.39, 0.29) is 24.5 Å². The fourth-order valence-electron chi connectivity index (χ4n) is 5.83. The maximum atomic E-state index is 12.6. The monoisotopic (exact) mass is 669 g/mol. The molecule has 9 nitrogen and oxygen atoms in total. The van der Waals surface area contributed by atoms with Crippen molar-refractivity contribution in [1.29, 1.82) is 0 Å². The van der Waals surface area contributed by atoms with Crippen LogP contribution in [0.2, 0.25) is 0 Å². The SMILES string of the molecule is CCCCCCCCCCCCCCCC(=O)OC(CCCCCCCC)CCCCCCCC(=O)NCC(=O)NC(CO)C(=O)O. The van der Waals surface area contributed by atoms with Crippen LogP contribution in [0.25, 0.3) is 0 Å². The number of hydrogen-bond donors (Lipinski definition) is 4. The van der Waals surface area contributed by atoms with Crippen LogP contribution in [0.1, 0.15) is 194 Å². The van der Waals surface area contributed by atoms with Crippen LogP contribution in [0.4, 0.5) is 0 Å². The molecule has 0 fully saturated rings. The van der Waals surface area contributed by atoms with Gasteiger partial charge in [0.1, 0.15) is 12.1 Å². The van der Waals surface area contributed by atoms with Gasteiger partial charge in [-0.25, -0.2) is 4.79 Å². The van der Waals surface area contributed by atoms with Crippen molar-refractivity contribution in [2.24, 2.45) is 0 Å². The van der Waals surface area contributed by atoms with Crippen molar-refractivity contribution in [2.75, 3.05) is 13.2 Å². The zero-order chi connectivity index (χ0) is 34.8. The molecule has 0 heterocycles. The fourth-order valence-corrected chi connectivity index (χ4v) is 5.83. The van der Waals surface area contributed by atoms with Gasteiger partial charge in [-0.15, -0.1) is 0 Å². The Morgan fingerprint density at radius 3 is 1.38 bits per heavy atom. The number of carboxylic acids is 1. The maximum Gasteiger partial charge on any atom is 0.328 e. The van der Waals surface area contributed by atoms with Crippen molar-refractivity contribution >= 4 is 23.8 Å². The highest BCUT2D eigenvalue weighted by Crippen LogP contribution is 2.19. The fraction of sp³-hybridized carbons (Fsp3) is 0.895. The number of carbonyl (C=O) groups is 4. The summed E-state index contributed by atoms with van der Waals surface area (Å²) in [5.74, 6) is -2.28. The molecule has 0 aromatic rings. The number of aliphatic hydroxyl groups excluding tert-OH is 1. The minimum Gasteiger partial charge on any atom is -0.480 e. The molecule has 2 atom stereocenters. The molecule has 0 saturated carbocycles. The minimum absolute atomic E-state index is 0.000806. The van der Waals surface area contributed by atoms with E-state index < -0.39 is 24.5 Å². The van der Waals surface area contributed by atoms with Crippen LogP contribution in [-0.2, 0) is 23.9 Å². The smallest absolute Gasteiger partial charge is 0.328 e. The van der Waals surface area contributed by atoms with Crippen molar-refractivity contribution in [3.8, 4) is 0 Å². The highest BCUT2D eigenvalue weighted by atomic mass is 16.5. The molecule has 0 saturated heterocycles. The highest BCUT2D eigenvalue weighted by Gasteiger charge is 2.19. The van der Waals surface area contributed by atoms with Gasteiger partial charge in [-0.05, 0) is 38.5 Å². The first kappa shape index (κ1) is 44.8. The van der Waals surface area contributed by atoms with Gasteiger partial charge >= 0.3 is 11.9 Å². The third-order valence-electron chi connectivity index (χ3n) is 8.85. The van der Waals surface area contributed by atoms with Gasteiger partial charge in [-0.1, -0.05) is 142 Å². The topological polar surface area (TPSA) is 142 Å². The van der Waals surface area contributed by atoms with Crippen LogP contribution in [-0.4, -0.2) is 59.3 Å². The minimum atomic E-state index is -1.38. The summed E-state index contributed by atoms with van der Waals surface area (Å²) in [7, 11) is 0. The van der Waals surface area contributed by atoms with Gasteiger partial charge in [-0.2, -0.15) is 0 Å². The number of aliphatic hydroxyl groups is 1. The van der Waals surface area contributed by atoms with Crippen molar-refractivity contribution in [1.82, 2.24) is 10.6 Å². The van der Waals surface area contributed by atoms with Gasteiger partial charge < -0.3 is 25.6 Å². The Morgan fingerprint density at radius 2 is 0.957 bits per heavy atom. The second kappa shape index (κ2) is 33.7. The largest absolute Gasteiger partial charge is 0.480 e. The number of carboxylic acid groups (broad SMARTS) is 1. The predicted molar refractivity (Wildman–Crippen MR) is 190 cm³/mol. The van der Waals surface area contributed by atoms with E-state index >= 15 is 0 Å². The number of hydrogen-bond acceptors (Lipinski definition) is 6. The highest BCUT2D eigenvalue weighted by molar-refractivity contribution is 5.87. The molecule has 9 heteroatoms. The zero-order valence-electron chi connectivity index (χ0n) is 30.3. The molecule has 2 unspecified atom stereocenters. The number of ether oxygens (including phenoxy) is 1. The summed E-state index contributed by atoms with van der Waals surface area (Å²) in [6.45, 7) is 3.46. The number of aliphatic carboxylic acids is 1. The van der Waals surface area contributed by atoms with Gasteiger partial charge in [0.25, 0.3) is 0 Å². The van der Waals surface area contributed by atoms with Gasteiger partial charge in [-0.3, -0.25) is 14.4 Å². The zero-order valence-corrected chi connectivity index (χ0v) is 30.3. The standard InChI is InChI=1S/C38H72N2O7/c1-3-5-7-9-11-12-13-14-15-16-17-22-26-30-37(44)47-33(27-23-19-10-8-6-4-2)28-24-20-18-21-25-29-35(42)39-31-36(43)40-34(32-41)38(45)46/h33-34,41H,3-32H2,1-2H3,(H,39,42)(H,40,43)(H,45,46). The molecule has 0 spiro atoms. The number of rotatable bonds is 35. The molecular weight excluding hydrogens is 596 g/mol.